The first kappa shape index (κ1) is 11.0. The van der Waals surface area contributed by atoms with Gasteiger partial charge >= 0.3 is 0 Å². The molecule has 0 radical (unpaired) electrons. The molecule has 1 saturated heterocycles. The van der Waals surface area contributed by atoms with Gasteiger partial charge < -0.3 is 15.7 Å². The summed E-state index contributed by atoms with van der Waals surface area (Å²) in [7, 11) is 1.73. The van der Waals surface area contributed by atoms with Gasteiger partial charge in [-0.25, -0.2) is 0 Å². The number of aliphatic hydroxyl groups is 1. The van der Waals surface area contributed by atoms with Crippen molar-refractivity contribution in [3.8, 4) is 0 Å². The van der Waals surface area contributed by atoms with Crippen LogP contribution in [0.15, 0.2) is 24.3 Å². The number of rotatable bonds is 1. The average molecular weight is 220 g/mol. The molecule has 86 valence electrons. The van der Waals surface area contributed by atoms with Crippen molar-refractivity contribution >= 4 is 11.6 Å². The Hall–Kier alpha value is -1.55. The minimum absolute atomic E-state index is 0.0760. The minimum atomic E-state index is -0.494. The van der Waals surface area contributed by atoms with Crippen molar-refractivity contribution in [3.63, 3.8) is 0 Å². The van der Waals surface area contributed by atoms with Crippen LogP contribution >= 0.6 is 0 Å². The summed E-state index contributed by atoms with van der Waals surface area (Å²) in [5.74, 6) is 0.0760. The number of anilines is 1. The van der Waals surface area contributed by atoms with Crippen LogP contribution < -0.4 is 5.73 Å². The first-order valence-corrected chi connectivity index (χ1v) is 5.39. The summed E-state index contributed by atoms with van der Waals surface area (Å²) in [5, 5.41) is 9.95. The predicted molar refractivity (Wildman–Crippen MR) is 61.6 cm³/mol. The molecule has 1 fully saturated rings. The van der Waals surface area contributed by atoms with Crippen LogP contribution in [0.4, 0.5) is 5.69 Å². The topological polar surface area (TPSA) is 66.6 Å². The summed E-state index contributed by atoms with van der Waals surface area (Å²) < 4.78 is 0. The van der Waals surface area contributed by atoms with Gasteiger partial charge in [0.2, 0.25) is 5.91 Å². The van der Waals surface area contributed by atoms with E-state index >= 15 is 0 Å². The number of nitrogen functional groups attached to an aromatic ring is 1. The zero-order valence-electron chi connectivity index (χ0n) is 9.26. The first-order chi connectivity index (χ1) is 7.59. The Bertz CT molecular complexity index is 389. The molecule has 0 aromatic heterocycles. The zero-order chi connectivity index (χ0) is 11.7. The van der Waals surface area contributed by atoms with Gasteiger partial charge in [-0.2, -0.15) is 0 Å². The number of hydrogen-bond donors (Lipinski definition) is 2. The number of piperidine rings is 1. The second kappa shape index (κ2) is 4.14. The molecule has 4 heteroatoms. The highest BCUT2D eigenvalue weighted by Crippen LogP contribution is 2.30. The molecule has 4 nitrogen and oxygen atoms in total. The summed E-state index contributed by atoms with van der Waals surface area (Å²) in [6.45, 7) is 0. The maximum Gasteiger partial charge on any atom is 0.223 e. The fraction of sp³-hybridized carbons (Fsp3) is 0.417. The van der Waals surface area contributed by atoms with Crippen LogP contribution in [-0.4, -0.2) is 29.1 Å². The number of carbonyl (C=O) groups excluding carboxylic acids is 1. The van der Waals surface area contributed by atoms with E-state index in [-0.39, 0.29) is 11.9 Å². The zero-order valence-corrected chi connectivity index (χ0v) is 9.26. The quantitative estimate of drug-likeness (QED) is 0.692. The summed E-state index contributed by atoms with van der Waals surface area (Å²) >= 11 is 0. The molecule has 1 heterocycles. The highest BCUT2D eigenvalue weighted by molar-refractivity contribution is 5.77. The van der Waals surface area contributed by atoms with Gasteiger partial charge in [0.25, 0.3) is 0 Å². The lowest BCUT2D eigenvalue weighted by Gasteiger charge is -2.36. The van der Waals surface area contributed by atoms with E-state index in [0.717, 1.165) is 5.56 Å². The van der Waals surface area contributed by atoms with E-state index in [0.29, 0.717) is 18.5 Å². The molecule has 2 atom stereocenters. The molecule has 1 amide bonds. The fourth-order valence-corrected chi connectivity index (χ4v) is 2.16. The van der Waals surface area contributed by atoms with Gasteiger partial charge in [0, 0.05) is 19.2 Å². The fourth-order valence-electron chi connectivity index (χ4n) is 2.16. The van der Waals surface area contributed by atoms with Crippen molar-refractivity contribution in [2.24, 2.45) is 0 Å². The molecule has 2 rings (SSSR count). The Balaban J connectivity index is 2.29. The third-order valence-corrected chi connectivity index (χ3v) is 3.11. The molecule has 1 aromatic carbocycles. The van der Waals surface area contributed by atoms with Crippen molar-refractivity contribution in [1.29, 1.82) is 0 Å². The second-order valence-corrected chi connectivity index (χ2v) is 4.22. The van der Waals surface area contributed by atoms with Gasteiger partial charge in [0.1, 0.15) is 0 Å². The lowest BCUT2D eigenvalue weighted by atomic mass is 9.92. The van der Waals surface area contributed by atoms with Gasteiger partial charge in [-0.15, -0.1) is 0 Å². The van der Waals surface area contributed by atoms with Crippen LogP contribution in [0.5, 0.6) is 0 Å². The van der Waals surface area contributed by atoms with E-state index in [1.54, 1.807) is 24.1 Å². The molecule has 16 heavy (non-hydrogen) atoms. The normalized spacial score (nSPS) is 25.9. The molecule has 0 spiro atoms. The maximum atomic E-state index is 11.6. The summed E-state index contributed by atoms with van der Waals surface area (Å²) in [5.41, 5.74) is 7.22. The van der Waals surface area contributed by atoms with Gasteiger partial charge in [-0.3, -0.25) is 4.79 Å². The largest absolute Gasteiger partial charge is 0.399 e. The van der Waals surface area contributed by atoms with E-state index in [1.807, 2.05) is 12.1 Å². The van der Waals surface area contributed by atoms with Crippen LogP contribution in [-0.2, 0) is 4.79 Å². The number of likely N-dealkylation sites (N-methyl/N-ethyl adjacent to an activating group) is 1. The van der Waals surface area contributed by atoms with E-state index in [1.165, 1.54) is 0 Å². The third-order valence-electron chi connectivity index (χ3n) is 3.11. The van der Waals surface area contributed by atoms with Crippen molar-refractivity contribution in [2.75, 3.05) is 12.8 Å². The number of carbonyl (C=O) groups is 1. The van der Waals surface area contributed by atoms with Gasteiger partial charge in [0.05, 0.1) is 12.1 Å². The average Bonchev–Trinajstić information content (AvgIpc) is 2.27. The molecule has 1 aliphatic rings. The van der Waals surface area contributed by atoms with Crippen LogP contribution in [0.2, 0.25) is 0 Å². The molecule has 1 aromatic rings. The van der Waals surface area contributed by atoms with E-state index in [9.17, 15) is 9.90 Å². The lowest BCUT2D eigenvalue weighted by molar-refractivity contribution is -0.140. The lowest BCUT2D eigenvalue weighted by Crippen LogP contribution is -2.42. The number of amides is 1. The Morgan fingerprint density at radius 3 is 2.62 bits per heavy atom. The van der Waals surface area contributed by atoms with Gasteiger partial charge in [-0.1, -0.05) is 12.1 Å². The predicted octanol–water partition coefficient (Wildman–Crippen LogP) is 0.923. The minimum Gasteiger partial charge on any atom is -0.399 e. The number of hydrogen-bond acceptors (Lipinski definition) is 3. The highest BCUT2D eigenvalue weighted by atomic mass is 16.3. The van der Waals surface area contributed by atoms with E-state index in [4.69, 9.17) is 5.73 Å². The molecule has 2 unspecified atom stereocenters. The highest BCUT2D eigenvalue weighted by Gasteiger charge is 2.33. The number of nitrogens with zero attached hydrogens (tertiary/aromatic N) is 1. The van der Waals surface area contributed by atoms with E-state index in [2.05, 4.69) is 0 Å². The van der Waals surface area contributed by atoms with Crippen molar-refractivity contribution < 1.29 is 9.90 Å². The monoisotopic (exact) mass is 220 g/mol. The summed E-state index contributed by atoms with van der Waals surface area (Å²) in [6.07, 6.45) is 0.452. The summed E-state index contributed by atoms with van der Waals surface area (Å²) in [6, 6.07) is 7.04. The molecule has 1 aliphatic heterocycles. The number of aliphatic hydroxyl groups excluding tert-OH is 1. The van der Waals surface area contributed by atoms with E-state index < -0.39 is 6.10 Å². The third kappa shape index (κ3) is 1.88. The smallest absolute Gasteiger partial charge is 0.223 e. The Kier molecular flexibility index (Phi) is 2.83. The number of nitrogens with two attached hydrogens (primary N) is 1. The maximum absolute atomic E-state index is 11.6. The number of benzene rings is 1. The van der Waals surface area contributed by atoms with Gasteiger partial charge in [-0.05, 0) is 24.1 Å². The molecule has 3 N–H and O–H groups in total. The van der Waals surface area contributed by atoms with Crippen molar-refractivity contribution in [2.45, 2.75) is 25.0 Å². The molecule has 0 aliphatic carbocycles. The van der Waals surface area contributed by atoms with Crippen molar-refractivity contribution in [1.82, 2.24) is 4.90 Å². The van der Waals surface area contributed by atoms with Crippen LogP contribution in [0.1, 0.15) is 24.4 Å². The number of likely N-dealkylation sites (tertiary alicyclic amines) is 1. The van der Waals surface area contributed by atoms with Crippen LogP contribution in [0.25, 0.3) is 0 Å². The van der Waals surface area contributed by atoms with Gasteiger partial charge in [0.15, 0.2) is 0 Å². The summed E-state index contributed by atoms with van der Waals surface area (Å²) in [4.78, 5) is 13.2. The van der Waals surface area contributed by atoms with Crippen LogP contribution in [0.3, 0.4) is 0 Å². The standard InChI is InChI=1S/C12H16N2O2/c1-14-11(16)7-6-10(15)12(14)8-2-4-9(13)5-3-8/h2-5,10,12,15H,6-7,13H2,1H3. The SMILES string of the molecule is CN1C(=O)CCC(O)C1c1ccc(N)cc1. The second-order valence-electron chi connectivity index (χ2n) is 4.22. The first-order valence-electron chi connectivity index (χ1n) is 5.39. The molecule has 0 saturated carbocycles. The Labute approximate surface area is 94.7 Å². The molecular weight excluding hydrogens is 204 g/mol. The Morgan fingerprint density at radius 1 is 1.38 bits per heavy atom. The molecule has 0 bridgehead atoms. The van der Waals surface area contributed by atoms with Crippen LogP contribution in [0, 0.1) is 0 Å². The van der Waals surface area contributed by atoms with Crippen molar-refractivity contribution in [3.05, 3.63) is 29.8 Å². The Morgan fingerprint density at radius 2 is 2.00 bits per heavy atom. The molecular formula is C12H16N2O2.